The van der Waals surface area contributed by atoms with Crippen LogP contribution in [0.15, 0.2) is 48.5 Å². The second-order valence-corrected chi connectivity index (χ2v) is 6.48. The third kappa shape index (κ3) is 4.02. The van der Waals surface area contributed by atoms with E-state index in [1.54, 1.807) is 0 Å². The summed E-state index contributed by atoms with van der Waals surface area (Å²) in [4.78, 5) is 13.1. The average Bonchev–Trinajstić information content (AvgIpc) is 2.65. The molecule has 2 aromatic carbocycles. The Bertz CT molecular complexity index is 721. The molecule has 0 saturated carbocycles. The first-order valence-corrected chi connectivity index (χ1v) is 8.86. The second kappa shape index (κ2) is 7.70. The van der Waals surface area contributed by atoms with E-state index in [9.17, 15) is 4.79 Å². The number of carbonyl (C=O) groups is 1. The lowest BCUT2D eigenvalue weighted by molar-refractivity contribution is -0.139. The molecule has 4 nitrogen and oxygen atoms in total. The first-order valence-electron chi connectivity index (χ1n) is 8.86. The van der Waals surface area contributed by atoms with Crippen molar-refractivity contribution in [2.45, 2.75) is 38.7 Å². The summed E-state index contributed by atoms with van der Waals surface area (Å²) in [5, 5.41) is 3.07. The number of para-hydroxylation sites is 1. The molecule has 1 aliphatic rings. The van der Waals surface area contributed by atoms with Crippen LogP contribution in [-0.4, -0.2) is 24.7 Å². The van der Waals surface area contributed by atoms with Gasteiger partial charge in [-0.25, -0.2) is 0 Å². The minimum absolute atomic E-state index is 0.105. The van der Waals surface area contributed by atoms with Crippen LogP contribution < -0.4 is 10.1 Å². The lowest BCUT2D eigenvalue weighted by Crippen LogP contribution is -2.52. The zero-order valence-corrected chi connectivity index (χ0v) is 14.9. The first kappa shape index (κ1) is 17.5. The summed E-state index contributed by atoms with van der Waals surface area (Å²) in [5.74, 6) is 0.601. The quantitative estimate of drug-likeness (QED) is 0.891. The molecule has 0 unspecified atom stereocenters. The van der Waals surface area contributed by atoms with E-state index >= 15 is 0 Å². The highest BCUT2D eigenvalue weighted by molar-refractivity contribution is 5.98. The maximum atomic E-state index is 13.1. The van der Waals surface area contributed by atoms with Gasteiger partial charge in [-0.15, -0.1) is 0 Å². The number of nitrogens with one attached hydrogen (secondary N) is 1. The zero-order valence-electron chi connectivity index (χ0n) is 14.9. The smallest absolute Gasteiger partial charge is 0.268 e. The molecule has 4 heteroatoms. The second-order valence-electron chi connectivity index (χ2n) is 6.48. The Labute approximate surface area is 149 Å². The Balaban J connectivity index is 1.82. The molecule has 1 heterocycles. The molecule has 0 bridgehead atoms. The highest BCUT2D eigenvalue weighted by Gasteiger charge is 2.42. The summed E-state index contributed by atoms with van der Waals surface area (Å²) in [5.41, 5.74) is 2.27. The molecular weight excluding hydrogens is 314 g/mol. The van der Waals surface area contributed by atoms with Gasteiger partial charge in [-0.2, -0.15) is 0 Å². The van der Waals surface area contributed by atoms with Crippen LogP contribution in [-0.2, 0) is 16.0 Å². The van der Waals surface area contributed by atoms with Crippen LogP contribution in [0.3, 0.4) is 0 Å². The van der Waals surface area contributed by atoms with E-state index in [1.165, 1.54) is 5.56 Å². The molecule has 2 aromatic rings. The fourth-order valence-electron chi connectivity index (χ4n) is 3.11. The van der Waals surface area contributed by atoms with Gasteiger partial charge >= 0.3 is 0 Å². The van der Waals surface area contributed by atoms with Crippen molar-refractivity contribution in [3.05, 3.63) is 59.7 Å². The van der Waals surface area contributed by atoms with Gasteiger partial charge in [-0.3, -0.25) is 4.79 Å². The lowest BCUT2D eigenvalue weighted by atomic mass is 9.92. The minimum atomic E-state index is -0.893. The SMILES string of the molecule is CCc1ccc(NC(=O)C2(Oc3ccccc3)CCOCC2)c(C)c1. The fourth-order valence-corrected chi connectivity index (χ4v) is 3.11. The van der Waals surface area contributed by atoms with E-state index in [1.807, 2.05) is 43.3 Å². The predicted octanol–water partition coefficient (Wildman–Crippen LogP) is 4.12. The van der Waals surface area contributed by atoms with Crippen molar-refractivity contribution < 1.29 is 14.3 Å². The standard InChI is InChI=1S/C21H25NO3/c1-3-17-9-10-19(16(2)15-17)22-20(23)21(11-13-24-14-12-21)25-18-7-5-4-6-8-18/h4-10,15H,3,11-14H2,1-2H3,(H,22,23). The molecule has 0 spiro atoms. The van der Waals surface area contributed by atoms with Crippen LogP contribution in [0.1, 0.15) is 30.9 Å². The maximum Gasteiger partial charge on any atom is 0.268 e. The van der Waals surface area contributed by atoms with E-state index < -0.39 is 5.60 Å². The van der Waals surface area contributed by atoms with Gasteiger partial charge in [0.2, 0.25) is 0 Å². The van der Waals surface area contributed by atoms with Crippen LogP contribution in [0.2, 0.25) is 0 Å². The van der Waals surface area contributed by atoms with Gasteiger partial charge < -0.3 is 14.8 Å². The van der Waals surface area contributed by atoms with Crippen molar-refractivity contribution in [2.24, 2.45) is 0 Å². The molecule has 132 valence electrons. The molecule has 1 saturated heterocycles. The van der Waals surface area contributed by atoms with E-state index in [0.717, 1.165) is 17.7 Å². The van der Waals surface area contributed by atoms with E-state index in [2.05, 4.69) is 24.4 Å². The number of rotatable bonds is 5. The number of amides is 1. The maximum absolute atomic E-state index is 13.1. The molecule has 0 radical (unpaired) electrons. The van der Waals surface area contributed by atoms with Gasteiger partial charge in [0, 0.05) is 18.5 Å². The van der Waals surface area contributed by atoms with E-state index in [-0.39, 0.29) is 5.91 Å². The Hall–Kier alpha value is -2.33. The number of hydrogen-bond donors (Lipinski definition) is 1. The van der Waals surface area contributed by atoms with Gasteiger partial charge in [-0.1, -0.05) is 37.3 Å². The zero-order chi connectivity index (χ0) is 17.7. The summed E-state index contributed by atoms with van der Waals surface area (Å²) in [6.07, 6.45) is 2.06. The van der Waals surface area contributed by atoms with Gasteiger partial charge in [0.1, 0.15) is 5.75 Å². The fraction of sp³-hybridized carbons (Fsp3) is 0.381. The molecular formula is C21H25NO3. The molecule has 1 fully saturated rings. The van der Waals surface area contributed by atoms with Gasteiger partial charge in [0.25, 0.3) is 5.91 Å². The number of aryl methyl sites for hydroxylation is 2. The van der Waals surface area contributed by atoms with Gasteiger partial charge in [0.05, 0.1) is 13.2 Å². The van der Waals surface area contributed by atoms with Crippen LogP contribution in [0.5, 0.6) is 5.75 Å². The molecule has 25 heavy (non-hydrogen) atoms. The van der Waals surface area contributed by atoms with Crippen molar-refractivity contribution in [1.82, 2.24) is 0 Å². The van der Waals surface area contributed by atoms with Crippen LogP contribution in [0.4, 0.5) is 5.69 Å². The van der Waals surface area contributed by atoms with E-state index in [4.69, 9.17) is 9.47 Å². The van der Waals surface area contributed by atoms with Crippen molar-refractivity contribution in [3.63, 3.8) is 0 Å². The highest BCUT2D eigenvalue weighted by Crippen LogP contribution is 2.30. The summed E-state index contributed by atoms with van der Waals surface area (Å²) >= 11 is 0. The Morgan fingerprint density at radius 1 is 1.16 bits per heavy atom. The average molecular weight is 339 g/mol. The Morgan fingerprint density at radius 2 is 1.88 bits per heavy atom. The van der Waals surface area contributed by atoms with Crippen molar-refractivity contribution in [2.75, 3.05) is 18.5 Å². The largest absolute Gasteiger partial charge is 0.477 e. The number of anilines is 1. The molecule has 3 rings (SSSR count). The molecule has 0 aliphatic carbocycles. The number of carbonyl (C=O) groups excluding carboxylic acids is 1. The third-order valence-corrected chi connectivity index (χ3v) is 4.72. The molecule has 0 atom stereocenters. The molecule has 1 N–H and O–H groups in total. The van der Waals surface area contributed by atoms with E-state index in [0.29, 0.717) is 31.8 Å². The summed E-state index contributed by atoms with van der Waals surface area (Å²) in [7, 11) is 0. The highest BCUT2D eigenvalue weighted by atomic mass is 16.5. The van der Waals surface area contributed by atoms with Crippen molar-refractivity contribution >= 4 is 11.6 Å². The minimum Gasteiger partial charge on any atom is -0.477 e. The molecule has 0 aromatic heterocycles. The molecule has 1 aliphatic heterocycles. The van der Waals surface area contributed by atoms with Gasteiger partial charge in [0.15, 0.2) is 5.60 Å². The summed E-state index contributed by atoms with van der Waals surface area (Å²) < 4.78 is 11.6. The number of hydrogen-bond acceptors (Lipinski definition) is 3. The molecule has 1 amide bonds. The Kier molecular flexibility index (Phi) is 5.39. The number of ether oxygens (including phenoxy) is 2. The summed E-state index contributed by atoms with van der Waals surface area (Å²) in [6.45, 7) is 5.18. The van der Waals surface area contributed by atoms with Gasteiger partial charge in [-0.05, 0) is 42.7 Å². The Morgan fingerprint density at radius 3 is 2.52 bits per heavy atom. The third-order valence-electron chi connectivity index (χ3n) is 4.72. The summed E-state index contributed by atoms with van der Waals surface area (Å²) in [6, 6.07) is 15.7. The monoisotopic (exact) mass is 339 g/mol. The van der Waals surface area contributed by atoms with Crippen LogP contribution in [0.25, 0.3) is 0 Å². The van der Waals surface area contributed by atoms with Crippen LogP contribution >= 0.6 is 0 Å². The van der Waals surface area contributed by atoms with Crippen molar-refractivity contribution in [1.29, 1.82) is 0 Å². The number of benzene rings is 2. The first-order chi connectivity index (χ1) is 12.1. The normalized spacial score (nSPS) is 16.2. The topological polar surface area (TPSA) is 47.6 Å². The van der Waals surface area contributed by atoms with Crippen molar-refractivity contribution in [3.8, 4) is 5.75 Å². The van der Waals surface area contributed by atoms with Crippen LogP contribution in [0, 0.1) is 6.92 Å². The lowest BCUT2D eigenvalue weighted by Gasteiger charge is -2.36. The predicted molar refractivity (Wildman–Crippen MR) is 99.0 cm³/mol.